The molecular weight excluding hydrogens is 246 g/mol. The number of aromatic nitrogens is 1. The summed E-state index contributed by atoms with van der Waals surface area (Å²) >= 11 is 0. The van der Waals surface area contributed by atoms with Crippen LogP contribution in [0, 0.1) is 0 Å². The Hall–Kier alpha value is -2.11. The summed E-state index contributed by atoms with van der Waals surface area (Å²) in [6.07, 6.45) is 3.14. The van der Waals surface area contributed by atoms with Crippen molar-refractivity contribution in [2.45, 2.75) is 25.3 Å². The Morgan fingerprint density at radius 2 is 2.21 bits per heavy atom. The molecule has 0 unspecified atom stereocenters. The number of fused-ring (bicyclic) bond motifs is 1. The fraction of sp³-hybridized carbons (Fsp3) is 0.462. The molecule has 2 aliphatic rings. The minimum atomic E-state index is -0.710. The average molecular weight is 261 g/mol. The first-order chi connectivity index (χ1) is 9.09. The number of pyridine rings is 1. The van der Waals surface area contributed by atoms with Crippen molar-refractivity contribution in [3.05, 3.63) is 18.3 Å². The Morgan fingerprint density at radius 3 is 2.89 bits per heavy atom. The fourth-order valence-corrected chi connectivity index (χ4v) is 2.86. The largest absolute Gasteiger partial charge is 0.479 e. The first kappa shape index (κ1) is 12.0. The molecule has 2 fully saturated rings. The normalized spacial score (nSPS) is 26.0. The van der Waals surface area contributed by atoms with E-state index < -0.39 is 5.54 Å². The summed E-state index contributed by atoms with van der Waals surface area (Å²) < 4.78 is 5.13. The molecule has 0 saturated carbocycles. The lowest BCUT2D eigenvalue weighted by molar-refractivity contribution is -0.123. The van der Waals surface area contributed by atoms with Crippen LogP contribution in [-0.4, -0.2) is 41.0 Å². The summed E-state index contributed by atoms with van der Waals surface area (Å²) in [5.41, 5.74) is -0.298. The highest BCUT2D eigenvalue weighted by atomic mass is 16.5. The van der Waals surface area contributed by atoms with E-state index in [-0.39, 0.29) is 17.8 Å². The molecule has 1 aromatic heterocycles. The molecule has 0 aliphatic carbocycles. The SMILES string of the molecule is COc1ncccc1N1C(=O)N2CCC[C@@]2(C)C1=O. The number of imide groups is 1. The Labute approximate surface area is 111 Å². The van der Waals surface area contributed by atoms with Crippen LogP contribution in [0.1, 0.15) is 19.8 Å². The van der Waals surface area contributed by atoms with Gasteiger partial charge >= 0.3 is 6.03 Å². The van der Waals surface area contributed by atoms with E-state index in [1.807, 2.05) is 6.92 Å². The number of carbonyl (C=O) groups excluding carboxylic acids is 2. The lowest BCUT2D eigenvalue weighted by Crippen LogP contribution is -2.41. The maximum absolute atomic E-state index is 12.6. The highest BCUT2D eigenvalue weighted by molar-refractivity contribution is 6.23. The van der Waals surface area contributed by atoms with Crippen molar-refractivity contribution < 1.29 is 14.3 Å². The third-order valence-electron chi connectivity index (χ3n) is 3.91. The van der Waals surface area contributed by atoms with Gasteiger partial charge in [0.25, 0.3) is 5.91 Å². The average Bonchev–Trinajstić information content (AvgIpc) is 2.89. The monoisotopic (exact) mass is 261 g/mol. The Balaban J connectivity index is 2.07. The number of methoxy groups -OCH3 is 1. The van der Waals surface area contributed by atoms with Gasteiger partial charge in [0.1, 0.15) is 11.2 Å². The smallest absolute Gasteiger partial charge is 0.332 e. The zero-order valence-corrected chi connectivity index (χ0v) is 10.9. The highest BCUT2D eigenvalue weighted by Crippen LogP contribution is 2.41. The molecule has 0 radical (unpaired) electrons. The molecule has 0 bridgehead atoms. The number of rotatable bonds is 2. The summed E-state index contributed by atoms with van der Waals surface area (Å²) in [6, 6.07) is 3.08. The standard InChI is InChI=1S/C13H15N3O3/c1-13-6-4-8-15(13)12(18)16(11(13)17)9-5-3-7-14-10(9)19-2/h3,5,7H,4,6,8H2,1-2H3/t13-/m0/s1. The van der Waals surface area contributed by atoms with E-state index in [1.54, 1.807) is 23.2 Å². The summed E-state index contributed by atoms with van der Waals surface area (Å²) in [5.74, 6) is 0.0928. The number of anilines is 1. The van der Waals surface area contributed by atoms with Crippen molar-refractivity contribution in [3.8, 4) is 5.88 Å². The van der Waals surface area contributed by atoms with Gasteiger partial charge in [0.2, 0.25) is 5.88 Å². The van der Waals surface area contributed by atoms with Crippen LogP contribution in [-0.2, 0) is 4.79 Å². The van der Waals surface area contributed by atoms with Gasteiger partial charge in [-0.1, -0.05) is 0 Å². The van der Waals surface area contributed by atoms with Crippen molar-refractivity contribution in [1.29, 1.82) is 0 Å². The van der Waals surface area contributed by atoms with E-state index in [2.05, 4.69) is 4.98 Å². The summed E-state index contributed by atoms with van der Waals surface area (Å²) in [6.45, 7) is 2.45. The number of ether oxygens (including phenoxy) is 1. The van der Waals surface area contributed by atoms with Gasteiger partial charge in [-0.2, -0.15) is 0 Å². The molecule has 0 aromatic carbocycles. The first-order valence-corrected chi connectivity index (χ1v) is 6.25. The number of hydrogen-bond acceptors (Lipinski definition) is 4. The molecule has 0 spiro atoms. The van der Waals surface area contributed by atoms with Crippen LogP contribution in [0.5, 0.6) is 5.88 Å². The lowest BCUT2D eigenvalue weighted by atomic mass is 9.99. The van der Waals surface area contributed by atoms with Gasteiger partial charge in [0.05, 0.1) is 7.11 Å². The maximum Gasteiger partial charge on any atom is 0.332 e. The zero-order valence-electron chi connectivity index (χ0n) is 10.9. The molecule has 1 aromatic rings. The summed E-state index contributed by atoms with van der Waals surface area (Å²) in [7, 11) is 1.47. The molecule has 3 rings (SSSR count). The van der Waals surface area contributed by atoms with Crippen molar-refractivity contribution in [3.63, 3.8) is 0 Å². The van der Waals surface area contributed by atoms with Crippen LogP contribution < -0.4 is 9.64 Å². The van der Waals surface area contributed by atoms with Crippen LogP contribution in [0.15, 0.2) is 18.3 Å². The summed E-state index contributed by atoms with van der Waals surface area (Å²) in [5, 5.41) is 0. The van der Waals surface area contributed by atoms with Gasteiger partial charge in [0.15, 0.2) is 0 Å². The van der Waals surface area contributed by atoms with E-state index in [9.17, 15) is 9.59 Å². The Morgan fingerprint density at radius 1 is 1.42 bits per heavy atom. The van der Waals surface area contributed by atoms with Crippen molar-refractivity contribution in [2.24, 2.45) is 0 Å². The first-order valence-electron chi connectivity index (χ1n) is 6.25. The Kier molecular flexibility index (Phi) is 2.48. The number of nitrogens with zero attached hydrogens (tertiary/aromatic N) is 3. The second kappa shape index (κ2) is 3.94. The topological polar surface area (TPSA) is 62.7 Å². The minimum Gasteiger partial charge on any atom is -0.479 e. The summed E-state index contributed by atoms with van der Waals surface area (Å²) in [4.78, 5) is 31.9. The predicted molar refractivity (Wildman–Crippen MR) is 68.0 cm³/mol. The molecule has 2 saturated heterocycles. The van der Waals surface area contributed by atoms with Crippen LogP contribution in [0.3, 0.4) is 0 Å². The molecule has 0 N–H and O–H groups in total. The molecule has 100 valence electrons. The van der Waals surface area contributed by atoms with Crippen molar-refractivity contribution in [1.82, 2.24) is 9.88 Å². The molecular formula is C13H15N3O3. The van der Waals surface area contributed by atoms with Crippen LogP contribution in [0.25, 0.3) is 0 Å². The van der Waals surface area contributed by atoms with Gasteiger partial charge in [-0.25, -0.2) is 14.7 Å². The second-order valence-electron chi connectivity index (χ2n) is 4.98. The maximum atomic E-state index is 12.6. The molecule has 6 nitrogen and oxygen atoms in total. The molecule has 1 atom stereocenters. The number of carbonyl (C=O) groups is 2. The highest BCUT2D eigenvalue weighted by Gasteiger charge is 2.57. The van der Waals surface area contributed by atoms with E-state index in [4.69, 9.17) is 4.74 Å². The van der Waals surface area contributed by atoms with Crippen LogP contribution >= 0.6 is 0 Å². The van der Waals surface area contributed by atoms with Gasteiger partial charge in [-0.15, -0.1) is 0 Å². The van der Waals surface area contributed by atoms with Gasteiger partial charge < -0.3 is 9.64 Å². The van der Waals surface area contributed by atoms with Crippen LogP contribution in [0.2, 0.25) is 0 Å². The zero-order chi connectivity index (χ0) is 13.6. The molecule has 3 heterocycles. The predicted octanol–water partition coefficient (Wildman–Crippen LogP) is 1.41. The van der Waals surface area contributed by atoms with Gasteiger partial charge in [-0.3, -0.25) is 4.79 Å². The fourth-order valence-electron chi connectivity index (χ4n) is 2.86. The Bertz CT molecular complexity index is 560. The van der Waals surface area contributed by atoms with E-state index >= 15 is 0 Å². The van der Waals surface area contributed by atoms with Gasteiger partial charge in [0, 0.05) is 12.7 Å². The second-order valence-corrected chi connectivity index (χ2v) is 4.98. The van der Waals surface area contributed by atoms with E-state index in [0.717, 1.165) is 6.42 Å². The number of hydrogen-bond donors (Lipinski definition) is 0. The van der Waals surface area contributed by atoms with Crippen LogP contribution in [0.4, 0.5) is 10.5 Å². The minimum absolute atomic E-state index is 0.193. The number of urea groups is 1. The molecule has 6 heteroatoms. The molecule has 3 amide bonds. The van der Waals surface area contributed by atoms with E-state index in [1.165, 1.54) is 12.0 Å². The molecule has 2 aliphatic heterocycles. The third-order valence-corrected chi connectivity index (χ3v) is 3.91. The van der Waals surface area contributed by atoms with Crippen molar-refractivity contribution in [2.75, 3.05) is 18.6 Å². The van der Waals surface area contributed by atoms with Crippen molar-refractivity contribution >= 4 is 17.6 Å². The number of amides is 3. The molecule has 19 heavy (non-hydrogen) atoms. The third kappa shape index (κ3) is 1.46. The van der Waals surface area contributed by atoms with E-state index in [0.29, 0.717) is 18.7 Å². The quantitative estimate of drug-likeness (QED) is 0.755. The lowest BCUT2D eigenvalue weighted by Gasteiger charge is -2.22. The van der Waals surface area contributed by atoms with Gasteiger partial charge in [-0.05, 0) is 31.9 Å².